The largest absolute Gasteiger partial charge is 0.370 e. The molecule has 28 aromatic rings. The minimum absolute atomic E-state index is 0.0310. The maximum absolute atomic E-state index is 7.64. The molecule has 8 heterocycles. The van der Waals surface area contributed by atoms with Crippen molar-refractivity contribution >= 4 is 264 Å². The quantitative estimate of drug-likeness (QED) is 0.124. The van der Waals surface area contributed by atoms with Crippen LogP contribution in [0.5, 0.6) is 0 Å². The molecule has 0 N–H and O–H groups in total. The summed E-state index contributed by atoms with van der Waals surface area (Å²) in [5.41, 5.74) is 18.1. The summed E-state index contributed by atoms with van der Waals surface area (Å²) < 4.78 is 9.09. The lowest BCUT2D eigenvalue weighted by Gasteiger charge is -2.12. The Morgan fingerprint density at radius 1 is 0.143 bits per heavy atom. The molecule has 20 aromatic carbocycles. The molecular formula is C120H60N20. The van der Waals surface area contributed by atoms with Gasteiger partial charge in [-0.2, -0.15) is 0 Å². The number of nitrogens with zero attached hydrogens (tertiary/aromatic N) is 20. The van der Waals surface area contributed by atoms with Gasteiger partial charge in [0.1, 0.15) is 0 Å². The highest BCUT2D eigenvalue weighted by Crippen LogP contribution is 2.50. The van der Waals surface area contributed by atoms with E-state index in [-0.39, 0.29) is 46.5 Å². The third-order valence-electron chi connectivity index (χ3n) is 26.5. The van der Waals surface area contributed by atoms with Gasteiger partial charge in [0.25, 0.3) is 46.5 Å². The number of rotatable bonds is 4. The van der Waals surface area contributed by atoms with E-state index in [2.05, 4.69) is 311 Å². The van der Waals surface area contributed by atoms with Gasteiger partial charge in [-0.25, -0.2) is 0 Å². The highest BCUT2D eigenvalue weighted by Gasteiger charge is 2.31. The van der Waals surface area contributed by atoms with Crippen LogP contribution in [0.25, 0.3) is 279 Å². The first kappa shape index (κ1) is 81.0. The van der Waals surface area contributed by atoms with Gasteiger partial charge < -0.3 is 57.0 Å². The Bertz CT molecular complexity index is 10600. The van der Waals surface area contributed by atoms with Gasteiger partial charge >= 0.3 is 0 Å². The minimum Gasteiger partial charge on any atom is -0.370 e. The van der Waals surface area contributed by atoms with E-state index in [0.717, 1.165) is 191 Å². The van der Waals surface area contributed by atoms with E-state index >= 15 is 0 Å². The van der Waals surface area contributed by atoms with Crippen LogP contribution in [0.15, 0.2) is 364 Å². The molecule has 20 heteroatoms. The zero-order chi connectivity index (χ0) is 94.1. The van der Waals surface area contributed by atoms with Gasteiger partial charge in [0, 0.05) is 109 Å². The number of para-hydroxylation sites is 8. The van der Waals surface area contributed by atoms with Crippen molar-refractivity contribution in [2.45, 2.75) is 0 Å². The number of benzene rings is 20. The fourth-order valence-corrected chi connectivity index (χ4v) is 20.9. The van der Waals surface area contributed by atoms with Crippen LogP contribution in [0.4, 0.5) is 46.5 Å². The minimum atomic E-state index is 0.0310. The molecule has 0 aliphatic heterocycles. The van der Waals surface area contributed by atoms with Gasteiger partial charge in [0.2, 0.25) is 44.1 Å². The summed E-state index contributed by atoms with van der Waals surface area (Å²) in [7, 11) is 0. The number of fused-ring (bicyclic) bond motifs is 39. The maximum Gasteiger partial charge on any atom is 0.294 e. The third kappa shape index (κ3) is 12.3. The smallest absolute Gasteiger partial charge is 0.294 e. The molecule has 140 heavy (non-hydrogen) atoms. The van der Waals surface area contributed by atoms with Gasteiger partial charge in [-0.05, 0) is 165 Å². The van der Waals surface area contributed by atoms with Crippen molar-refractivity contribution in [1.82, 2.24) is 58.1 Å². The van der Waals surface area contributed by atoms with Crippen molar-refractivity contribution in [1.29, 1.82) is 0 Å². The lowest BCUT2D eigenvalue weighted by Crippen LogP contribution is -1.96. The monoisotopic (exact) mass is 1780 g/mol. The maximum atomic E-state index is 7.64. The van der Waals surface area contributed by atoms with E-state index in [1.165, 1.54) is 5.39 Å². The second kappa shape index (κ2) is 32.5. The molecule has 640 valence electrons. The Morgan fingerprint density at radius 2 is 0.393 bits per heavy atom. The lowest BCUT2D eigenvalue weighted by atomic mass is 9.95. The van der Waals surface area contributed by atoms with Gasteiger partial charge in [-0.15, -0.1) is 39.9 Å². The topological polar surface area (TPSA) is 158 Å². The van der Waals surface area contributed by atoms with E-state index in [0.29, 0.717) is 44.1 Å². The van der Waals surface area contributed by atoms with Crippen LogP contribution in [0, 0.1) is 52.6 Å². The van der Waals surface area contributed by atoms with Crippen LogP contribution < -0.4 is 0 Å². The Kier molecular flexibility index (Phi) is 18.8. The zero-order valence-electron chi connectivity index (χ0n) is 73.6. The average Bonchev–Trinajstić information content (AvgIpc) is 1.48. The van der Waals surface area contributed by atoms with Crippen LogP contribution in [-0.2, 0) is 0 Å². The SMILES string of the molecule is [C-]#[N+]c1nc2c3ccccc3c3c(ccc4c3c3ccccc3n4-c3ccccc3)c2nc1[N+]#[C-].[C-]#[N+]c1nc2c3ccccc3c3cc4c5ccccc5n(-c5ccccc5)c4cc3c2nc1[N+]#[C-].[C-]#[N+]c1nc2c3ccccc3c3ccc4c(c5ccccc5n4-c4ccccc4)c3c2nc1[N+]#[C-].[C-]#[N+]c1nc2c3ccccc3c3ccc4c5ccccc5n(-c5ccccc5)c4c3c2nc1[N+]#[C-]. The van der Waals surface area contributed by atoms with Gasteiger partial charge in [0.05, 0.1) is 49.5 Å². The Balaban J connectivity index is 0.0000000985. The predicted molar refractivity (Wildman–Crippen MR) is 566 cm³/mol. The summed E-state index contributed by atoms with van der Waals surface area (Å²) in [6.45, 7) is 60.5. The van der Waals surface area contributed by atoms with E-state index < -0.39 is 0 Å². The van der Waals surface area contributed by atoms with Crippen LogP contribution in [0.2, 0.25) is 0 Å². The van der Waals surface area contributed by atoms with Crippen molar-refractivity contribution < 1.29 is 0 Å². The van der Waals surface area contributed by atoms with Crippen molar-refractivity contribution in [2.24, 2.45) is 0 Å². The van der Waals surface area contributed by atoms with Crippen molar-refractivity contribution in [3.8, 4) is 22.7 Å². The van der Waals surface area contributed by atoms with Crippen LogP contribution >= 0.6 is 0 Å². The fourth-order valence-electron chi connectivity index (χ4n) is 20.9. The molecule has 0 saturated carbocycles. The first-order valence-electron chi connectivity index (χ1n) is 44.7. The molecule has 0 atom stereocenters. The van der Waals surface area contributed by atoms with Gasteiger partial charge in [-0.3, -0.25) is 0 Å². The molecule has 0 bridgehead atoms. The number of aromatic nitrogens is 12. The molecule has 0 saturated heterocycles. The summed E-state index contributed by atoms with van der Waals surface area (Å²) in [5.74, 6) is 0.291. The molecule has 0 fully saturated rings. The Morgan fingerprint density at radius 3 is 0.807 bits per heavy atom. The van der Waals surface area contributed by atoms with E-state index in [1.807, 2.05) is 140 Å². The molecular weight excluding hydrogens is 1720 g/mol. The lowest BCUT2D eigenvalue weighted by molar-refractivity contribution is 1.18. The van der Waals surface area contributed by atoms with Crippen molar-refractivity contribution in [3.05, 3.63) is 455 Å². The number of hydrogen-bond acceptors (Lipinski definition) is 8. The van der Waals surface area contributed by atoms with E-state index in [9.17, 15) is 0 Å². The normalized spacial score (nSPS) is 11.4. The van der Waals surface area contributed by atoms with Crippen molar-refractivity contribution in [2.75, 3.05) is 0 Å². The molecule has 0 aliphatic carbocycles. The zero-order valence-corrected chi connectivity index (χ0v) is 73.6. The van der Waals surface area contributed by atoms with Gasteiger partial charge in [-0.1, -0.05) is 289 Å². The molecule has 0 unspecified atom stereocenters. The second-order valence-electron chi connectivity index (χ2n) is 33.7. The summed E-state index contributed by atoms with van der Waals surface area (Å²) in [5, 5.41) is 24.9. The molecule has 8 aromatic heterocycles. The molecule has 0 aliphatic rings. The van der Waals surface area contributed by atoms with Crippen LogP contribution in [0.1, 0.15) is 0 Å². The summed E-state index contributed by atoms with van der Waals surface area (Å²) in [6, 6.07) is 124. The van der Waals surface area contributed by atoms with E-state index in [4.69, 9.17) is 62.5 Å². The third-order valence-corrected chi connectivity index (χ3v) is 26.5. The Labute approximate surface area is 795 Å². The van der Waals surface area contributed by atoms with E-state index in [1.54, 1.807) is 0 Å². The highest BCUT2D eigenvalue weighted by molar-refractivity contribution is 6.38. The van der Waals surface area contributed by atoms with Gasteiger partial charge in [0.15, 0.2) is 0 Å². The van der Waals surface area contributed by atoms with Crippen LogP contribution in [0.3, 0.4) is 0 Å². The highest BCUT2D eigenvalue weighted by atomic mass is 15.1. The second-order valence-corrected chi connectivity index (χ2v) is 33.7. The van der Waals surface area contributed by atoms with Crippen molar-refractivity contribution in [3.63, 3.8) is 0 Å². The predicted octanol–water partition coefficient (Wildman–Crippen LogP) is 32.5. The first-order valence-corrected chi connectivity index (χ1v) is 44.7. The summed E-state index contributed by atoms with van der Waals surface area (Å²) >= 11 is 0. The molecule has 0 spiro atoms. The summed E-state index contributed by atoms with van der Waals surface area (Å²) in [4.78, 5) is 65.3. The van der Waals surface area contributed by atoms with Crippen LogP contribution in [-0.4, -0.2) is 58.1 Å². The molecule has 0 amide bonds. The molecule has 28 rings (SSSR count). The molecule has 0 radical (unpaired) electrons. The average molecular weight is 1780 g/mol. The number of hydrogen-bond donors (Lipinski definition) is 0. The standard InChI is InChI=1S/4C30H15N5/c1-31-29-30(32-2)34-28-24-17-26-23(16-22(24)19-12-6-7-14-21(19)27(28)33-29)20-13-8-9-15-25(20)35(26)18-10-4-3-5-11-18;1-31-29-30(32-2)34-27-25-21(19-12-6-7-14-22(19)26(27)33-29)16-17-23-20-13-8-9-15-24(20)35(28(23)25)18-10-4-3-5-11-18;1-31-29-30(32-2)34-28-26-20(19-12-6-7-13-21(19)27(28)33-29)16-17-24-25(26)22-14-8-9-15-23(22)35(24)18-10-4-3-5-11-18;1-31-29-30(32-2)34-28-22-16-17-24-26(25(22)19-12-6-7-13-20(19)27(28)33-29)21-14-8-9-15-23(21)35(24)18-10-4-3-5-11-18/h4*3-17H. The Hall–Kier alpha value is -21.0. The molecule has 20 nitrogen and oxygen atoms in total. The fraction of sp³-hybridized carbons (Fsp3) is 0. The summed E-state index contributed by atoms with van der Waals surface area (Å²) in [6.07, 6.45) is 0. The first-order chi connectivity index (χ1) is 69.2.